The molecule has 1 heterocycles. The molecule has 0 atom stereocenters. The van der Waals surface area contributed by atoms with Gasteiger partial charge in [0.2, 0.25) is 0 Å². The molecule has 0 spiro atoms. The van der Waals surface area contributed by atoms with Crippen LogP contribution < -0.4 is 15.4 Å². The molecular formula is C14H22N2O. The van der Waals surface area contributed by atoms with Crippen LogP contribution in [0.3, 0.4) is 0 Å². The van der Waals surface area contributed by atoms with Crippen LogP contribution in [0.15, 0.2) is 12.1 Å². The maximum absolute atomic E-state index is 5.95. The Bertz CT molecular complexity index is 395. The zero-order valence-electron chi connectivity index (χ0n) is 11.0. The highest BCUT2D eigenvalue weighted by Gasteiger charge is 2.20. The number of rotatable bonds is 2. The standard InChI is InChI=1S/C14H22N2O/c1-10-8-11(2)14(13(9-10)17-3)16-6-4-12(15)5-7-16/h8-9,12H,4-7,15H2,1-3H3. The monoisotopic (exact) mass is 234 g/mol. The molecule has 1 aromatic rings. The highest BCUT2D eigenvalue weighted by atomic mass is 16.5. The zero-order valence-corrected chi connectivity index (χ0v) is 11.0. The fourth-order valence-electron chi connectivity index (χ4n) is 2.60. The van der Waals surface area contributed by atoms with E-state index in [2.05, 4.69) is 30.9 Å². The van der Waals surface area contributed by atoms with E-state index in [4.69, 9.17) is 10.5 Å². The topological polar surface area (TPSA) is 38.5 Å². The molecule has 1 aliphatic rings. The molecule has 1 fully saturated rings. The maximum Gasteiger partial charge on any atom is 0.142 e. The Morgan fingerprint density at radius 1 is 1.24 bits per heavy atom. The van der Waals surface area contributed by atoms with Crippen molar-refractivity contribution < 1.29 is 4.74 Å². The third kappa shape index (κ3) is 2.55. The van der Waals surface area contributed by atoms with Gasteiger partial charge in [-0.3, -0.25) is 0 Å². The summed E-state index contributed by atoms with van der Waals surface area (Å²) in [5.41, 5.74) is 9.73. The van der Waals surface area contributed by atoms with Crippen molar-refractivity contribution in [3.05, 3.63) is 23.3 Å². The van der Waals surface area contributed by atoms with Crippen molar-refractivity contribution in [3.8, 4) is 5.75 Å². The number of hydrogen-bond acceptors (Lipinski definition) is 3. The lowest BCUT2D eigenvalue weighted by atomic mass is 10.0. The largest absolute Gasteiger partial charge is 0.495 e. The number of methoxy groups -OCH3 is 1. The van der Waals surface area contributed by atoms with Gasteiger partial charge in [0, 0.05) is 19.1 Å². The van der Waals surface area contributed by atoms with Gasteiger partial charge in [-0.2, -0.15) is 0 Å². The second kappa shape index (κ2) is 4.96. The van der Waals surface area contributed by atoms with Crippen LogP contribution in [0.4, 0.5) is 5.69 Å². The van der Waals surface area contributed by atoms with E-state index in [1.165, 1.54) is 16.8 Å². The van der Waals surface area contributed by atoms with Crippen LogP contribution in [0.1, 0.15) is 24.0 Å². The van der Waals surface area contributed by atoms with Gasteiger partial charge in [0.05, 0.1) is 12.8 Å². The summed E-state index contributed by atoms with van der Waals surface area (Å²) < 4.78 is 5.51. The van der Waals surface area contributed by atoms with Crippen LogP contribution >= 0.6 is 0 Å². The van der Waals surface area contributed by atoms with Crippen molar-refractivity contribution in [1.82, 2.24) is 0 Å². The second-order valence-electron chi connectivity index (χ2n) is 4.96. The Morgan fingerprint density at radius 2 is 1.88 bits per heavy atom. The summed E-state index contributed by atoms with van der Waals surface area (Å²) in [5.74, 6) is 0.984. The number of benzene rings is 1. The van der Waals surface area contributed by atoms with E-state index in [1.807, 2.05) is 0 Å². The average molecular weight is 234 g/mol. The van der Waals surface area contributed by atoms with Gasteiger partial charge < -0.3 is 15.4 Å². The molecule has 3 nitrogen and oxygen atoms in total. The van der Waals surface area contributed by atoms with Crippen LogP contribution in [0, 0.1) is 13.8 Å². The quantitative estimate of drug-likeness (QED) is 0.853. The lowest BCUT2D eigenvalue weighted by Crippen LogP contribution is -2.40. The van der Waals surface area contributed by atoms with Crippen molar-refractivity contribution >= 4 is 5.69 Å². The van der Waals surface area contributed by atoms with Gasteiger partial charge in [0.1, 0.15) is 5.75 Å². The van der Waals surface area contributed by atoms with Crippen molar-refractivity contribution in [1.29, 1.82) is 0 Å². The van der Waals surface area contributed by atoms with Crippen molar-refractivity contribution in [2.45, 2.75) is 32.7 Å². The fourth-order valence-corrected chi connectivity index (χ4v) is 2.60. The minimum Gasteiger partial charge on any atom is -0.495 e. The summed E-state index contributed by atoms with van der Waals surface area (Å²) in [6.07, 6.45) is 2.13. The lowest BCUT2D eigenvalue weighted by molar-refractivity contribution is 0.410. The first-order valence-corrected chi connectivity index (χ1v) is 6.27. The molecule has 0 aromatic heterocycles. The number of anilines is 1. The Balaban J connectivity index is 2.31. The summed E-state index contributed by atoms with van der Waals surface area (Å²) in [6, 6.07) is 4.69. The number of aryl methyl sites for hydroxylation is 2. The van der Waals surface area contributed by atoms with Gasteiger partial charge in [-0.15, -0.1) is 0 Å². The molecule has 1 aromatic carbocycles. The summed E-state index contributed by atoms with van der Waals surface area (Å²) in [5, 5.41) is 0. The number of ether oxygens (including phenoxy) is 1. The maximum atomic E-state index is 5.95. The normalized spacial score (nSPS) is 17.3. The van der Waals surface area contributed by atoms with E-state index in [1.54, 1.807) is 7.11 Å². The molecule has 1 saturated heterocycles. The van der Waals surface area contributed by atoms with Gasteiger partial charge in [-0.25, -0.2) is 0 Å². The van der Waals surface area contributed by atoms with Gasteiger partial charge in [0.15, 0.2) is 0 Å². The van der Waals surface area contributed by atoms with Gasteiger partial charge in [-0.05, 0) is 43.9 Å². The highest BCUT2D eigenvalue weighted by molar-refractivity contribution is 5.65. The van der Waals surface area contributed by atoms with Crippen LogP contribution in [-0.4, -0.2) is 26.2 Å². The van der Waals surface area contributed by atoms with Crippen LogP contribution in [-0.2, 0) is 0 Å². The molecule has 2 N–H and O–H groups in total. The number of nitrogens with zero attached hydrogens (tertiary/aromatic N) is 1. The molecule has 0 unspecified atom stereocenters. The SMILES string of the molecule is COc1cc(C)cc(C)c1N1CCC(N)CC1. The Hall–Kier alpha value is -1.22. The predicted octanol–water partition coefficient (Wildman–Crippen LogP) is 2.24. The summed E-state index contributed by atoms with van der Waals surface area (Å²) in [7, 11) is 1.74. The molecule has 0 amide bonds. The molecule has 0 radical (unpaired) electrons. The minimum absolute atomic E-state index is 0.364. The van der Waals surface area contributed by atoms with E-state index in [0.29, 0.717) is 6.04 Å². The molecule has 3 heteroatoms. The second-order valence-corrected chi connectivity index (χ2v) is 4.96. The molecule has 94 valence electrons. The van der Waals surface area contributed by atoms with E-state index in [0.717, 1.165) is 31.7 Å². The van der Waals surface area contributed by atoms with E-state index < -0.39 is 0 Å². The number of nitrogens with two attached hydrogens (primary N) is 1. The van der Waals surface area contributed by atoms with Crippen LogP contribution in [0.2, 0.25) is 0 Å². The average Bonchev–Trinajstić information content (AvgIpc) is 2.30. The molecule has 2 rings (SSSR count). The Kier molecular flexibility index (Phi) is 3.57. The molecule has 0 bridgehead atoms. The lowest BCUT2D eigenvalue weighted by Gasteiger charge is -2.34. The molecular weight excluding hydrogens is 212 g/mol. The summed E-state index contributed by atoms with van der Waals surface area (Å²) in [4.78, 5) is 2.40. The predicted molar refractivity (Wildman–Crippen MR) is 71.9 cm³/mol. The third-order valence-corrected chi connectivity index (χ3v) is 3.49. The number of piperidine rings is 1. The molecule has 1 aliphatic heterocycles. The molecule has 0 saturated carbocycles. The fraction of sp³-hybridized carbons (Fsp3) is 0.571. The Morgan fingerprint density at radius 3 is 2.47 bits per heavy atom. The van der Waals surface area contributed by atoms with E-state index in [9.17, 15) is 0 Å². The summed E-state index contributed by atoms with van der Waals surface area (Å²) >= 11 is 0. The number of hydrogen-bond donors (Lipinski definition) is 1. The van der Waals surface area contributed by atoms with Gasteiger partial charge >= 0.3 is 0 Å². The molecule has 0 aliphatic carbocycles. The van der Waals surface area contributed by atoms with Crippen LogP contribution in [0.25, 0.3) is 0 Å². The smallest absolute Gasteiger partial charge is 0.142 e. The highest BCUT2D eigenvalue weighted by Crippen LogP contribution is 2.34. The van der Waals surface area contributed by atoms with Crippen molar-refractivity contribution in [3.63, 3.8) is 0 Å². The van der Waals surface area contributed by atoms with Gasteiger partial charge in [-0.1, -0.05) is 6.07 Å². The van der Waals surface area contributed by atoms with Gasteiger partial charge in [0.25, 0.3) is 0 Å². The first-order chi connectivity index (χ1) is 8.11. The molecule has 17 heavy (non-hydrogen) atoms. The Labute approximate surface area is 104 Å². The van der Waals surface area contributed by atoms with E-state index in [-0.39, 0.29) is 0 Å². The third-order valence-electron chi connectivity index (χ3n) is 3.49. The van der Waals surface area contributed by atoms with Crippen LogP contribution in [0.5, 0.6) is 5.75 Å². The van der Waals surface area contributed by atoms with E-state index >= 15 is 0 Å². The van der Waals surface area contributed by atoms with Crippen molar-refractivity contribution in [2.24, 2.45) is 5.73 Å². The minimum atomic E-state index is 0.364. The summed E-state index contributed by atoms with van der Waals surface area (Å²) in [6.45, 7) is 6.31. The first kappa shape index (κ1) is 12.2. The van der Waals surface area contributed by atoms with Crippen molar-refractivity contribution in [2.75, 3.05) is 25.1 Å². The zero-order chi connectivity index (χ0) is 12.4. The first-order valence-electron chi connectivity index (χ1n) is 6.27.